The molecule has 0 unspecified atom stereocenters. The molecular formula is C23H19Cl2FN2O4. The summed E-state index contributed by atoms with van der Waals surface area (Å²) in [6.07, 6.45) is 2.77. The Morgan fingerprint density at radius 2 is 1.47 bits per heavy atom. The van der Waals surface area contributed by atoms with E-state index in [2.05, 4.69) is 0 Å². The minimum atomic E-state index is -0.737. The van der Waals surface area contributed by atoms with E-state index in [0.29, 0.717) is 12.8 Å². The first-order valence-corrected chi connectivity index (χ1v) is 11.0. The number of imide groups is 1. The molecule has 9 heteroatoms. The van der Waals surface area contributed by atoms with E-state index in [9.17, 15) is 23.6 Å². The Morgan fingerprint density at radius 1 is 0.906 bits per heavy atom. The van der Waals surface area contributed by atoms with Crippen LogP contribution in [0.25, 0.3) is 0 Å². The van der Waals surface area contributed by atoms with Crippen LogP contribution in [0.4, 0.5) is 4.39 Å². The second-order valence-corrected chi connectivity index (χ2v) is 8.72. The zero-order valence-electron chi connectivity index (χ0n) is 16.9. The maximum absolute atomic E-state index is 13.4. The van der Waals surface area contributed by atoms with Gasteiger partial charge < -0.3 is 0 Å². The maximum atomic E-state index is 13.4. The molecule has 1 saturated carbocycles. The quantitative estimate of drug-likeness (QED) is 0.468. The first-order chi connectivity index (χ1) is 15.3. The highest BCUT2D eigenvalue weighted by molar-refractivity contribution is 6.42. The van der Waals surface area contributed by atoms with Crippen molar-refractivity contribution >= 4 is 46.7 Å². The summed E-state index contributed by atoms with van der Waals surface area (Å²) in [5.41, 5.74) is 0.219. The van der Waals surface area contributed by atoms with Crippen molar-refractivity contribution in [2.75, 3.05) is 6.54 Å². The molecule has 0 aromatic heterocycles. The first kappa shape index (κ1) is 22.4. The van der Waals surface area contributed by atoms with Gasteiger partial charge in [-0.05, 0) is 55.3 Å². The van der Waals surface area contributed by atoms with Crippen molar-refractivity contribution in [3.05, 3.63) is 69.5 Å². The van der Waals surface area contributed by atoms with Crippen LogP contribution in [0.1, 0.15) is 46.4 Å². The van der Waals surface area contributed by atoms with Gasteiger partial charge in [0.2, 0.25) is 0 Å². The average molecular weight is 477 g/mol. The molecular weight excluding hydrogens is 458 g/mol. The fourth-order valence-electron chi connectivity index (χ4n) is 4.26. The van der Waals surface area contributed by atoms with Crippen molar-refractivity contribution in [3.63, 3.8) is 0 Å². The van der Waals surface area contributed by atoms with E-state index in [4.69, 9.17) is 23.2 Å². The molecule has 166 valence electrons. The van der Waals surface area contributed by atoms with Crippen molar-refractivity contribution in [2.45, 2.75) is 25.7 Å². The Labute approximate surface area is 193 Å². The highest BCUT2D eigenvalue weighted by Crippen LogP contribution is 2.39. The highest BCUT2D eigenvalue weighted by atomic mass is 35.5. The van der Waals surface area contributed by atoms with Crippen LogP contribution in [-0.4, -0.2) is 40.1 Å². The number of hydrogen-bond donors (Lipinski definition) is 0. The molecule has 2 aromatic carbocycles. The Bertz CT molecular complexity index is 1080. The molecule has 2 atom stereocenters. The summed E-state index contributed by atoms with van der Waals surface area (Å²) in [6.45, 7) is -0.568. The lowest BCUT2D eigenvalue weighted by molar-refractivity contribution is -0.154. The molecule has 6 nitrogen and oxygen atoms in total. The molecule has 0 spiro atoms. The van der Waals surface area contributed by atoms with Gasteiger partial charge in [0.1, 0.15) is 12.4 Å². The molecule has 1 heterocycles. The number of fused-ring (bicyclic) bond motifs is 1. The third kappa shape index (κ3) is 4.14. The van der Waals surface area contributed by atoms with Gasteiger partial charge >= 0.3 is 0 Å². The summed E-state index contributed by atoms with van der Waals surface area (Å²) >= 11 is 12.0. The standard InChI is InChI=1S/C23H19Cl2FN2O4/c24-18-10-7-14(11-19(18)25)21(30)27(12-20(29)13-5-8-15(26)9-6-13)28-22(31)16-3-1-2-4-17(16)23(28)32/h5-11,16-17H,1-4,12H2/t16-,17-/m0/s1. The highest BCUT2D eigenvalue weighted by Gasteiger charge is 2.51. The number of nitrogens with zero attached hydrogens (tertiary/aromatic N) is 2. The van der Waals surface area contributed by atoms with Crippen LogP contribution in [0, 0.1) is 17.7 Å². The van der Waals surface area contributed by atoms with E-state index < -0.39 is 47.7 Å². The molecule has 1 saturated heterocycles. The predicted molar refractivity (Wildman–Crippen MR) is 116 cm³/mol. The summed E-state index contributed by atoms with van der Waals surface area (Å²) in [7, 11) is 0. The number of hydrazine groups is 1. The van der Waals surface area contributed by atoms with Crippen molar-refractivity contribution in [1.29, 1.82) is 0 Å². The van der Waals surface area contributed by atoms with Gasteiger partial charge in [-0.1, -0.05) is 36.0 Å². The van der Waals surface area contributed by atoms with Crippen LogP contribution < -0.4 is 0 Å². The molecule has 2 fully saturated rings. The molecule has 0 N–H and O–H groups in total. The summed E-state index contributed by atoms with van der Waals surface area (Å²) < 4.78 is 13.3. The largest absolute Gasteiger partial charge is 0.292 e. The van der Waals surface area contributed by atoms with E-state index in [1.807, 2.05) is 0 Å². The number of rotatable bonds is 5. The van der Waals surface area contributed by atoms with Crippen LogP contribution in [0.2, 0.25) is 10.0 Å². The van der Waals surface area contributed by atoms with Gasteiger partial charge in [0.15, 0.2) is 5.78 Å². The number of carbonyl (C=O) groups is 4. The second kappa shape index (κ2) is 9.00. The van der Waals surface area contributed by atoms with E-state index in [0.717, 1.165) is 35.0 Å². The number of halogens is 3. The topological polar surface area (TPSA) is 74.8 Å². The summed E-state index contributed by atoms with van der Waals surface area (Å²) in [6, 6.07) is 8.96. The third-order valence-corrected chi connectivity index (χ3v) is 6.66. The second-order valence-electron chi connectivity index (χ2n) is 7.91. The molecule has 0 radical (unpaired) electrons. The smallest absolute Gasteiger partial charge is 0.273 e. The van der Waals surface area contributed by atoms with Gasteiger partial charge in [-0.25, -0.2) is 9.40 Å². The number of ketones is 1. The third-order valence-electron chi connectivity index (χ3n) is 5.92. The predicted octanol–water partition coefficient (Wildman–Crippen LogP) is 4.55. The van der Waals surface area contributed by atoms with Gasteiger partial charge in [-0.3, -0.25) is 19.2 Å². The van der Waals surface area contributed by atoms with Gasteiger partial charge in [0.05, 0.1) is 21.9 Å². The fraction of sp³-hybridized carbons (Fsp3) is 0.304. The Balaban J connectivity index is 1.70. The van der Waals surface area contributed by atoms with Gasteiger partial charge in [-0.15, -0.1) is 0 Å². The van der Waals surface area contributed by atoms with E-state index in [1.54, 1.807) is 0 Å². The average Bonchev–Trinajstić information content (AvgIpc) is 3.04. The zero-order valence-corrected chi connectivity index (χ0v) is 18.4. The van der Waals surface area contributed by atoms with E-state index in [1.165, 1.54) is 30.3 Å². The van der Waals surface area contributed by atoms with Crippen LogP contribution in [0.3, 0.4) is 0 Å². The molecule has 3 amide bonds. The minimum absolute atomic E-state index is 0.0711. The molecule has 4 rings (SSSR count). The first-order valence-electron chi connectivity index (χ1n) is 10.2. The molecule has 2 aromatic rings. The zero-order chi connectivity index (χ0) is 23.0. The Hall–Kier alpha value is -2.77. The lowest BCUT2D eigenvalue weighted by Crippen LogP contribution is -2.52. The molecule has 2 aliphatic rings. The lowest BCUT2D eigenvalue weighted by atomic mass is 9.81. The molecule has 1 aliphatic carbocycles. The summed E-state index contributed by atoms with van der Waals surface area (Å²) in [5.74, 6) is -3.77. The van der Waals surface area contributed by atoms with Gasteiger partial charge in [-0.2, -0.15) is 5.01 Å². The monoisotopic (exact) mass is 476 g/mol. The molecule has 0 bridgehead atoms. The Kier molecular flexibility index (Phi) is 6.31. The number of benzene rings is 2. The van der Waals surface area contributed by atoms with Crippen LogP contribution >= 0.6 is 23.2 Å². The van der Waals surface area contributed by atoms with Crippen molar-refractivity contribution in [2.24, 2.45) is 11.8 Å². The summed E-state index contributed by atoms with van der Waals surface area (Å²) in [4.78, 5) is 52.5. The van der Waals surface area contributed by atoms with Crippen molar-refractivity contribution in [3.8, 4) is 0 Å². The van der Waals surface area contributed by atoms with Crippen LogP contribution in [0.15, 0.2) is 42.5 Å². The van der Waals surface area contributed by atoms with Crippen LogP contribution in [-0.2, 0) is 9.59 Å². The van der Waals surface area contributed by atoms with E-state index >= 15 is 0 Å². The lowest BCUT2D eigenvalue weighted by Gasteiger charge is -2.30. The number of amides is 3. The number of hydrogen-bond acceptors (Lipinski definition) is 4. The van der Waals surface area contributed by atoms with Crippen LogP contribution in [0.5, 0.6) is 0 Å². The SMILES string of the molecule is O=C(CN(C(=O)c1ccc(Cl)c(Cl)c1)N1C(=O)[C@H]2CCCC[C@@H]2C1=O)c1ccc(F)cc1. The van der Waals surface area contributed by atoms with Crippen molar-refractivity contribution in [1.82, 2.24) is 10.0 Å². The Morgan fingerprint density at radius 3 is 2.03 bits per heavy atom. The molecule has 1 aliphatic heterocycles. The maximum Gasteiger partial charge on any atom is 0.273 e. The van der Waals surface area contributed by atoms with Crippen molar-refractivity contribution < 1.29 is 23.6 Å². The van der Waals surface area contributed by atoms with E-state index in [-0.39, 0.29) is 21.2 Å². The van der Waals surface area contributed by atoms with Gasteiger partial charge in [0, 0.05) is 11.1 Å². The van der Waals surface area contributed by atoms with Gasteiger partial charge in [0.25, 0.3) is 17.7 Å². The normalized spacial score (nSPS) is 20.3. The minimum Gasteiger partial charge on any atom is -0.292 e. The fourth-order valence-corrected chi connectivity index (χ4v) is 4.56. The number of Topliss-reactive ketones (excluding diaryl/α,β-unsaturated/α-hetero) is 1. The summed E-state index contributed by atoms with van der Waals surface area (Å²) in [5, 5.41) is 2.04. The number of carbonyl (C=O) groups excluding carboxylic acids is 4. The molecule has 32 heavy (non-hydrogen) atoms.